The standard InChI is InChI=1S/C46H39BrN2OS/c1-45(2,3)28-17-20-30(21-18-28)48(39-27-51-41-24-19-29(25-36(39)41)46(4,5)6)31-11-9-12-32(26-31)49-38-23-22-34-33-13-7-8-16-40(33)50-44(34)42(38)35-14-10-15-37(47)43(35)49/h7-27H,1-6H3. The zero-order chi connectivity index (χ0) is 35.2. The molecule has 0 atom stereocenters. The second-order valence-corrected chi connectivity index (χ2v) is 17.4. The van der Waals surface area contributed by atoms with E-state index in [0.29, 0.717) is 0 Å². The van der Waals surface area contributed by atoms with Gasteiger partial charge < -0.3 is 13.9 Å². The summed E-state index contributed by atoms with van der Waals surface area (Å²) in [6.07, 6.45) is 0. The predicted octanol–water partition coefficient (Wildman–Crippen LogP) is 14.7. The van der Waals surface area contributed by atoms with Crippen molar-refractivity contribution in [2.24, 2.45) is 0 Å². The van der Waals surface area contributed by atoms with E-state index in [4.69, 9.17) is 4.42 Å². The number of furan rings is 1. The van der Waals surface area contributed by atoms with Crippen LogP contribution in [0.25, 0.3) is 59.5 Å². The summed E-state index contributed by atoms with van der Waals surface area (Å²) in [6, 6.07) is 44.3. The molecule has 0 spiro atoms. The number of fused-ring (bicyclic) bond motifs is 8. The van der Waals surface area contributed by atoms with Crippen molar-refractivity contribution in [3.05, 3.63) is 142 Å². The van der Waals surface area contributed by atoms with Crippen LogP contribution < -0.4 is 4.90 Å². The van der Waals surface area contributed by atoms with Crippen molar-refractivity contribution in [2.45, 2.75) is 52.4 Å². The molecule has 0 N–H and O–H groups in total. The van der Waals surface area contributed by atoms with E-state index in [1.54, 1.807) is 11.3 Å². The molecule has 3 heterocycles. The van der Waals surface area contributed by atoms with Crippen LogP contribution in [0.1, 0.15) is 52.7 Å². The number of halogens is 1. The van der Waals surface area contributed by atoms with E-state index in [0.717, 1.165) is 65.3 Å². The zero-order valence-corrected chi connectivity index (χ0v) is 32.1. The second-order valence-electron chi connectivity index (χ2n) is 15.6. The lowest BCUT2D eigenvalue weighted by Crippen LogP contribution is -2.13. The number of para-hydroxylation sites is 2. The molecule has 0 saturated heterocycles. The van der Waals surface area contributed by atoms with E-state index in [1.165, 1.54) is 26.9 Å². The summed E-state index contributed by atoms with van der Waals surface area (Å²) >= 11 is 5.75. The van der Waals surface area contributed by atoms with Crippen LogP contribution in [-0.2, 0) is 10.8 Å². The first-order chi connectivity index (χ1) is 24.5. The van der Waals surface area contributed by atoms with E-state index < -0.39 is 0 Å². The number of benzene rings is 6. The van der Waals surface area contributed by atoms with Gasteiger partial charge in [0.2, 0.25) is 0 Å². The van der Waals surface area contributed by atoms with E-state index in [2.05, 4.69) is 188 Å². The Morgan fingerprint density at radius 1 is 0.627 bits per heavy atom. The maximum absolute atomic E-state index is 6.60. The van der Waals surface area contributed by atoms with Crippen LogP contribution in [0.5, 0.6) is 0 Å². The van der Waals surface area contributed by atoms with Crippen molar-refractivity contribution in [1.82, 2.24) is 4.57 Å². The summed E-state index contributed by atoms with van der Waals surface area (Å²) in [7, 11) is 0. The van der Waals surface area contributed by atoms with Crippen LogP contribution in [-0.4, -0.2) is 4.57 Å². The molecule has 0 radical (unpaired) electrons. The largest absolute Gasteiger partial charge is 0.455 e. The zero-order valence-electron chi connectivity index (χ0n) is 29.7. The van der Waals surface area contributed by atoms with Crippen LogP contribution in [0, 0.1) is 0 Å². The van der Waals surface area contributed by atoms with E-state index in [-0.39, 0.29) is 10.8 Å². The van der Waals surface area contributed by atoms with Gasteiger partial charge in [-0.1, -0.05) is 96.1 Å². The fourth-order valence-electron chi connectivity index (χ4n) is 7.52. The van der Waals surface area contributed by atoms with Crippen LogP contribution in [0.2, 0.25) is 0 Å². The molecule has 9 aromatic rings. The summed E-state index contributed by atoms with van der Waals surface area (Å²) in [6.45, 7) is 13.7. The molecule has 9 rings (SSSR count). The van der Waals surface area contributed by atoms with Gasteiger partial charge in [-0.2, -0.15) is 0 Å². The van der Waals surface area contributed by atoms with Gasteiger partial charge in [0.1, 0.15) is 11.2 Å². The molecule has 3 nitrogen and oxygen atoms in total. The van der Waals surface area contributed by atoms with Gasteiger partial charge in [-0.3, -0.25) is 0 Å². The number of nitrogens with zero attached hydrogens (tertiary/aromatic N) is 2. The Bertz CT molecular complexity index is 2790. The lowest BCUT2D eigenvalue weighted by molar-refractivity contribution is 0.590. The molecule has 0 aliphatic carbocycles. The first kappa shape index (κ1) is 32.1. The summed E-state index contributed by atoms with van der Waals surface area (Å²) < 4.78 is 11.3. The molecule has 252 valence electrons. The molecule has 0 saturated carbocycles. The third-order valence-electron chi connectivity index (χ3n) is 10.2. The molecule has 0 aliphatic rings. The summed E-state index contributed by atoms with van der Waals surface area (Å²) in [5, 5.41) is 8.13. The van der Waals surface area contributed by atoms with Crippen molar-refractivity contribution in [3.63, 3.8) is 0 Å². The number of hydrogen-bond acceptors (Lipinski definition) is 3. The summed E-state index contributed by atoms with van der Waals surface area (Å²) in [4.78, 5) is 2.43. The molecule has 6 aromatic carbocycles. The average Bonchev–Trinajstić information content (AvgIpc) is 3.80. The fraction of sp³-hybridized carbons (Fsp3) is 0.174. The molecular weight excluding hydrogens is 708 g/mol. The lowest BCUT2D eigenvalue weighted by atomic mass is 9.86. The number of rotatable bonds is 4. The highest BCUT2D eigenvalue weighted by molar-refractivity contribution is 9.10. The maximum Gasteiger partial charge on any atom is 0.145 e. The number of hydrogen-bond donors (Lipinski definition) is 0. The minimum atomic E-state index is 0.0433. The van der Waals surface area contributed by atoms with Crippen LogP contribution in [0.15, 0.2) is 136 Å². The highest BCUT2D eigenvalue weighted by atomic mass is 79.9. The maximum atomic E-state index is 6.60. The molecule has 0 unspecified atom stereocenters. The van der Waals surface area contributed by atoms with Gasteiger partial charge in [0, 0.05) is 53.2 Å². The molecule has 0 bridgehead atoms. The van der Waals surface area contributed by atoms with Crippen LogP contribution >= 0.6 is 27.3 Å². The Kier molecular flexibility index (Phi) is 7.29. The molecule has 0 fully saturated rings. The number of aromatic nitrogens is 1. The Morgan fingerprint density at radius 3 is 2.14 bits per heavy atom. The Labute approximate surface area is 310 Å². The Morgan fingerprint density at radius 2 is 1.35 bits per heavy atom. The fourth-order valence-corrected chi connectivity index (χ4v) is 8.97. The topological polar surface area (TPSA) is 21.3 Å². The highest BCUT2D eigenvalue weighted by Gasteiger charge is 2.24. The smallest absolute Gasteiger partial charge is 0.145 e. The first-order valence-corrected chi connectivity index (χ1v) is 19.2. The van der Waals surface area contributed by atoms with E-state index in [9.17, 15) is 0 Å². The van der Waals surface area contributed by atoms with Crippen LogP contribution in [0.3, 0.4) is 0 Å². The summed E-state index contributed by atoms with van der Waals surface area (Å²) in [5.41, 5.74) is 11.3. The van der Waals surface area contributed by atoms with Gasteiger partial charge in [-0.15, -0.1) is 11.3 Å². The van der Waals surface area contributed by atoms with E-state index in [1.807, 2.05) is 6.07 Å². The van der Waals surface area contributed by atoms with Gasteiger partial charge in [0.05, 0.1) is 22.1 Å². The molecule has 51 heavy (non-hydrogen) atoms. The molecule has 0 aliphatic heterocycles. The summed E-state index contributed by atoms with van der Waals surface area (Å²) in [5.74, 6) is 0. The molecule has 5 heteroatoms. The molecule has 0 amide bonds. The Balaban J connectivity index is 1.30. The average molecular weight is 748 g/mol. The van der Waals surface area contributed by atoms with Crippen molar-refractivity contribution in [2.75, 3.05) is 4.90 Å². The first-order valence-electron chi connectivity index (χ1n) is 17.5. The van der Waals surface area contributed by atoms with Crippen LogP contribution in [0.4, 0.5) is 17.1 Å². The highest BCUT2D eigenvalue weighted by Crippen LogP contribution is 2.46. The van der Waals surface area contributed by atoms with Gasteiger partial charge in [0.25, 0.3) is 0 Å². The minimum absolute atomic E-state index is 0.0433. The molecular formula is C46H39BrN2OS. The molecule has 3 aromatic heterocycles. The predicted molar refractivity (Wildman–Crippen MR) is 223 cm³/mol. The third-order valence-corrected chi connectivity index (χ3v) is 11.8. The normalized spacial score (nSPS) is 12.6. The monoisotopic (exact) mass is 746 g/mol. The lowest BCUT2D eigenvalue weighted by Gasteiger charge is -2.27. The second kappa shape index (κ2) is 11.6. The van der Waals surface area contributed by atoms with Gasteiger partial charge in [-0.05, 0) is 105 Å². The van der Waals surface area contributed by atoms with Crippen molar-refractivity contribution < 1.29 is 4.42 Å². The quantitative estimate of drug-likeness (QED) is 0.179. The SMILES string of the molecule is CC(C)(C)c1ccc(N(c2cccc(-n3c4ccc5c6ccccc6oc5c4c4cccc(Br)c43)c2)c2csc3ccc(C(C)(C)C)cc23)cc1. The van der Waals surface area contributed by atoms with Crippen molar-refractivity contribution in [1.29, 1.82) is 0 Å². The van der Waals surface area contributed by atoms with Gasteiger partial charge >= 0.3 is 0 Å². The van der Waals surface area contributed by atoms with E-state index >= 15 is 0 Å². The minimum Gasteiger partial charge on any atom is -0.455 e. The van der Waals surface area contributed by atoms with Gasteiger partial charge in [-0.25, -0.2) is 0 Å². The van der Waals surface area contributed by atoms with Crippen molar-refractivity contribution in [3.8, 4) is 5.69 Å². The third kappa shape index (κ3) is 5.20. The number of thiophene rings is 1. The Hall–Kier alpha value is -4.84. The number of anilines is 3. The van der Waals surface area contributed by atoms with Crippen molar-refractivity contribution >= 4 is 98.2 Å². The van der Waals surface area contributed by atoms with Gasteiger partial charge in [0.15, 0.2) is 0 Å².